The van der Waals surface area contributed by atoms with E-state index >= 15 is 0 Å². The van der Waals surface area contributed by atoms with Crippen molar-refractivity contribution in [1.29, 1.82) is 0 Å². The monoisotopic (exact) mass is 579 g/mol. The molecule has 2 aliphatic rings. The van der Waals surface area contributed by atoms with E-state index in [1.807, 2.05) is 42.5 Å². The Morgan fingerprint density at radius 2 is 1.52 bits per heavy atom. The van der Waals surface area contributed by atoms with E-state index in [0.717, 1.165) is 30.9 Å². The molecular weight excluding hydrogens is 546 g/mol. The van der Waals surface area contributed by atoms with Crippen molar-refractivity contribution in [3.8, 4) is 0 Å². The second-order valence-electron chi connectivity index (χ2n) is 10.7. The van der Waals surface area contributed by atoms with E-state index in [9.17, 15) is 13.2 Å². The summed E-state index contributed by atoms with van der Waals surface area (Å²) >= 11 is 0. The van der Waals surface area contributed by atoms with E-state index in [2.05, 4.69) is 32.4 Å². The molecule has 6 rings (SSSR count). The molecule has 2 aliphatic heterocycles. The third-order valence-corrected chi connectivity index (χ3v) is 8.99. The Kier molecular flexibility index (Phi) is 7.69. The molecule has 0 aromatic heterocycles. The number of benzene rings is 4. The van der Waals surface area contributed by atoms with Crippen LogP contribution in [0.25, 0.3) is 11.3 Å². The van der Waals surface area contributed by atoms with Gasteiger partial charge >= 0.3 is 0 Å². The molecule has 214 valence electrons. The number of carbonyl (C=O) groups is 1. The first kappa shape index (κ1) is 27.6. The molecule has 0 unspecified atom stereocenters. The number of fused-ring (bicyclic) bond motifs is 1. The fourth-order valence-electron chi connectivity index (χ4n) is 5.44. The summed E-state index contributed by atoms with van der Waals surface area (Å²) in [4.78, 5) is 16.0. The van der Waals surface area contributed by atoms with Crippen LogP contribution < -0.4 is 21.1 Å². The molecular formula is C33H33N5O3S. The zero-order valence-corrected chi connectivity index (χ0v) is 24.0. The quantitative estimate of drug-likeness (QED) is 0.151. The van der Waals surface area contributed by atoms with Gasteiger partial charge in [0.15, 0.2) is 0 Å². The zero-order valence-electron chi connectivity index (χ0n) is 23.1. The minimum atomic E-state index is -3.86. The van der Waals surface area contributed by atoms with E-state index in [-0.39, 0.29) is 10.8 Å². The lowest BCUT2D eigenvalue weighted by atomic mass is 9.99. The molecule has 0 bridgehead atoms. The second-order valence-corrected chi connectivity index (χ2v) is 12.3. The Hall–Kier alpha value is -4.60. The van der Waals surface area contributed by atoms with Crippen molar-refractivity contribution in [1.82, 2.24) is 4.90 Å². The summed E-state index contributed by atoms with van der Waals surface area (Å²) in [6.45, 7) is 3.20. The zero-order chi connectivity index (χ0) is 29.1. The van der Waals surface area contributed by atoms with Crippen LogP contribution >= 0.6 is 0 Å². The summed E-state index contributed by atoms with van der Waals surface area (Å²) in [7, 11) is -3.86. The maximum Gasteiger partial charge on any atom is 0.261 e. The summed E-state index contributed by atoms with van der Waals surface area (Å²) < 4.78 is 28.7. The number of nitrogens with one attached hydrogen (secondary N) is 3. The van der Waals surface area contributed by atoms with Crippen LogP contribution in [0.3, 0.4) is 0 Å². The van der Waals surface area contributed by atoms with Crippen molar-refractivity contribution in [3.63, 3.8) is 0 Å². The standard InChI is InChI=1S/C33H33N5O3S/c34-25-11-16-28(17-12-25)42(40,41)37-27-15-18-30-29(21-27)31(33(39)36-30)32(24-7-3-1-4-8-24)35-26-13-9-23(10-14-26)22-38-19-5-2-6-20-38/h1,3-4,7-18,21,35,37H,2,5-6,19-20,22,34H2,(H,36,39)/b32-31-. The Bertz CT molecular complexity index is 1730. The number of carbonyl (C=O) groups excluding carboxylic acids is 1. The molecule has 2 heterocycles. The van der Waals surface area contributed by atoms with Gasteiger partial charge in [0.2, 0.25) is 0 Å². The average molecular weight is 580 g/mol. The third-order valence-electron chi connectivity index (χ3n) is 7.60. The number of rotatable bonds is 8. The average Bonchev–Trinajstić information content (AvgIpc) is 3.32. The number of nitrogens with two attached hydrogens (primary N) is 1. The Morgan fingerprint density at radius 1 is 0.833 bits per heavy atom. The Morgan fingerprint density at radius 3 is 2.24 bits per heavy atom. The molecule has 5 N–H and O–H groups in total. The second kappa shape index (κ2) is 11.7. The summed E-state index contributed by atoms with van der Waals surface area (Å²) in [6.07, 6.45) is 3.81. The van der Waals surface area contributed by atoms with Crippen molar-refractivity contribution in [2.75, 3.05) is 34.2 Å². The maximum absolute atomic E-state index is 13.4. The highest BCUT2D eigenvalue weighted by Crippen LogP contribution is 2.39. The lowest BCUT2D eigenvalue weighted by molar-refractivity contribution is -0.110. The molecule has 0 saturated carbocycles. The number of nitrogens with zero attached hydrogens (tertiary/aromatic N) is 1. The molecule has 1 fully saturated rings. The highest BCUT2D eigenvalue weighted by Gasteiger charge is 2.29. The topological polar surface area (TPSA) is 117 Å². The van der Waals surface area contributed by atoms with E-state index in [0.29, 0.717) is 33.9 Å². The number of nitrogen functional groups attached to an aromatic ring is 1. The van der Waals surface area contributed by atoms with Crippen molar-refractivity contribution in [2.24, 2.45) is 0 Å². The van der Waals surface area contributed by atoms with Crippen LogP contribution in [0.2, 0.25) is 0 Å². The van der Waals surface area contributed by atoms with Gasteiger partial charge in [-0.15, -0.1) is 0 Å². The van der Waals surface area contributed by atoms with Gasteiger partial charge < -0.3 is 16.4 Å². The fourth-order valence-corrected chi connectivity index (χ4v) is 6.49. The predicted molar refractivity (Wildman–Crippen MR) is 169 cm³/mol. The Labute approximate surface area is 246 Å². The summed E-state index contributed by atoms with van der Waals surface area (Å²) in [6, 6.07) is 29.0. The van der Waals surface area contributed by atoms with Gasteiger partial charge in [0.05, 0.1) is 16.2 Å². The first-order chi connectivity index (χ1) is 20.4. The van der Waals surface area contributed by atoms with Crippen molar-refractivity contribution in [3.05, 3.63) is 114 Å². The minimum absolute atomic E-state index is 0.0949. The van der Waals surface area contributed by atoms with Gasteiger partial charge in [-0.05, 0) is 91.7 Å². The lowest BCUT2D eigenvalue weighted by Gasteiger charge is -2.26. The van der Waals surface area contributed by atoms with E-state index < -0.39 is 10.0 Å². The molecule has 0 spiro atoms. The summed E-state index contributed by atoms with van der Waals surface area (Å²) in [5.41, 5.74) is 11.8. The van der Waals surface area contributed by atoms with Crippen LogP contribution in [0.4, 0.5) is 22.7 Å². The number of anilines is 4. The molecule has 1 amide bonds. The van der Waals surface area contributed by atoms with E-state index in [1.54, 1.807) is 30.3 Å². The van der Waals surface area contributed by atoms with Crippen molar-refractivity contribution >= 4 is 50.0 Å². The molecule has 4 aromatic rings. The van der Waals surface area contributed by atoms with Crippen LogP contribution in [0, 0.1) is 0 Å². The molecule has 8 nitrogen and oxygen atoms in total. The van der Waals surface area contributed by atoms with Crippen LogP contribution in [-0.4, -0.2) is 32.3 Å². The highest BCUT2D eigenvalue weighted by molar-refractivity contribution is 7.92. The molecule has 42 heavy (non-hydrogen) atoms. The summed E-state index contributed by atoms with van der Waals surface area (Å²) in [5.74, 6) is -0.267. The van der Waals surface area contributed by atoms with Crippen LogP contribution in [0.15, 0.2) is 102 Å². The SMILES string of the molecule is Nc1ccc(S(=O)(=O)Nc2ccc3c(c2)/C(=C(/Nc2ccc(CN4CCCCC4)cc2)c2ccccc2)C(=O)N3)cc1. The van der Waals surface area contributed by atoms with Gasteiger partial charge in [0.25, 0.3) is 15.9 Å². The molecule has 1 saturated heterocycles. The number of likely N-dealkylation sites (tertiary alicyclic amines) is 1. The predicted octanol–water partition coefficient (Wildman–Crippen LogP) is 5.99. The largest absolute Gasteiger partial charge is 0.399 e. The van der Waals surface area contributed by atoms with Crippen molar-refractivity contribution in [2.45, 2.75) is 30.7 Å². The van der Waals surface area contributed by atoms with Crippen LogP contribution in [0.1, 0.15) is 36.0 Å². The smallest absolute Gasteiger partial charge is 0.261 e. The van der Waals surface area contributed by atoms with Crippen LogP contribution in [0.5, 0.6) is 0 Å². The molecule has 0 radical (unpaired) electrons. The van der Waals surface area contributed by atoms with Gasteiger partial charge in [-0.25, -0.2) is 8.42 Å². The molecule has 0 atom stereocenters. The summed E-state index contributed by atoms with van der Waals surface area (Å²) in [5, 5.41) is 6.43. The number of amides is 1. The number of piperidine rings is 1. The van der Waals surface area contributed by atoms with E-state index in [1.165, 1.54) is 37.0 Å². The molecule has 4 aromatic carbocycles. The number of hydrogen-bond acceptors (Lipinski definition) is 6. The van der Waals surface area contributed by atoms with Gasteiger partial charge in [-0.1, -0.05) is 48.9 Å². The minimum Gasteiger partial charge on any atom is -0.399 e. The highest BCUT2D eigenvalue weighted by atomic mass is 32.2. The first-order valence-corrected chi connectivity index (χ1v) is 15.6. The lowest BCUT2D eigenvalue weighted by Crippen LogP contribution is -2.29. The fraction of sp³-hybridized carbons (Fsp3) is 0.182. The van der Waals surface area contributed by atoms with E-state index in [4.69, 9.17) is 5.73 Å². The maximum atomic E-state index is 13.4. The van der Waals surface area contributed by atoms with Crippen LogP contribution in [-0.2, 0) is 21.4 Å². The molecule has 0 aliphatic carbocycles. The normalized spacial score (nSPS) is 16.4. The first-order valence-electron chi connectivity index (χ1n) is 14.1. The van der Waals surface area contributed by atoms with Gasteiger partial charge in [-0.2, -0.15) is 0 Å². The molecule has 9 heteroatoms. The number of hydrogen-bond donors (Lipinski definition) is 4. The Balaban J connectivity index is 1.33. The third kappa shape index (κ3) is 6.02. The van der Waals surface area contributed by atoms with Gasteiger partial charge in [-0.3, -0.25) is 14.4 Å². The van der Waals surface area contributed by atoms with Gasteiger partial charge in [0.1, 0.15) is 0 Å². The van der Waals surface area contributed by atoms with Crippen molar-refractivity contribution < 1.29 is 13.2 Å². The number of sulfonamides is 1. The van der Waals surface area contributed by atoms with Gasteiger partial charge in [0, 0.05) is 34.9 Å².